The van der Waals surface area contributed by atoms with Crippen molar-refractivity contribution in [3.8, 4) is 11.5 Å². The fraction of sp³-hybridized carbons (Fsp3) is 0.400. The van der Waals surface area contributed by atoms with Crippen LogP contribution in [0.15, 0.2) is 42.5 Å². The SMILES string of the molecule is COc1ccc(CCNC(=S)N2CC3CC2C2C(=O)N(c4cccc(C(F)(F)F)c4)C(=O)N32)cc1OC. The number of rotatable bonds is 6. The van der Waals surface area contributed by atoms with E-state index in [1.807, 2.05) is 23.1 Å². The second-order valence-electron chi connectivity index (χ2n) is 9.14. The first-order valence-electron chi connectivity index (χ1n) is 11.7. The molecular weight excluding hydrogens is 509 g/mol. The van der Waals surface area contributed by atoms with E-state index in [2.05, 4.69) is 5.32 Å². The van der Waals surface area contributed by atoms with Gasteiger partial charge in [-0.25, -0.2) is 9.69 Å². The number of halogens is 3. The number of alkyl halides is 3. The van der Waals surface area contributed by atoms with Crippen molar-refractivity contribution in [2.24, 2.45) is 0 Å². The average molecular weight is 535 g/mol. The van der Waals surface area contributed by atoms with Crippen LogP contribution in [0.1, 0.15) is 17.5 Å². The normalized spacial score (nSPS) is 22.5. The van der Waals surface area contributed by atoms with Gasteiger partial charge in [-0.15, -0.1) is 0 Å². The molecule has 3 unspecified atom stereocenters. The number of fused-ring (bicyclic) bond motifs is 5. The number of piperazine rings is 1. The van der Waals surface area contributed by atoms with Crippen molar-refractivity contribution in [1.82, 2.24) is 15.1 Å². The van der Waals surface area contributed by atoms with Crippen LogP contribution in [0, 0.1) is 0 Å². The molecule has 2 aromatic carbocycles. The summed E-state index contributed by atoms with van der Waals surface area (Å²) in [4.78, 5) is 30.7. The van der Waals surface area contributed by atoms with Gasteiger partial charge in [-0.3, -0.25) is 4.79 Å². The van der Waals surface area contributed by atoms with E-state index >= 15 is 0 Å². The highest BCUT2D eigenvalue weighted by Crippen LogP contribution is 2.43. The van der Waals surface area contributed by atoms with Gasteiger partial charge in [-0.05, 0) is 61.0 Å². The zero-order valence-electron chi connectivity index (χ0n) is 20.1. The molecule has 12 heteroatoms. The van der Waals surface area contributed by atoms with E-state index in [9.17, 15) is 22.8 Å². The Labute approximate surface area is 216 Å². The van der Waals surface area contributed by atoms with Crippen molar-refractivity contribution in [3.05, 3.63) is 53.6 Å². The molecule has 0 saturated carbocycles. The molecule has 1 N–H and O–H groups in total. The van der Waals surface area contributed by atoms with Crippen LogP contribution in [0.2, 0.25) is 0 Å². The van der Waals surface area contributed by atoms with Crippen molar-refractivity contribution in [1.29, 1.82) is 0 Å². The van der Waals surface area contributed by atoms with Crippen LogP contribution in [0.5, 0.6) is 11.5 Å². The molecule has 37 heavy (non-hydrogen) atoms. The third kappa shape index (κ3) is 4.32. The molecule has 3 saturated heterocycles. The molecule has 2 bridgehead atoms. The summed E-state index contributed by atoms with van der Waals surface area (Å²) in [5.74, 6) is 0.742. The summed E-state index contributed by atoms with van der Waals surface area (Å²) in [6.45, 7) is 0.999. The number of amides is 3. The highest BCUT2D eigenvalue weighted by molar-refractivity contribution is 7.80. The molecule has 3 atom stereocenters. The molecule has 5 rings (SSSR count). The third-order valence-electron chi connectivity index (χ3n) is 7.09. The van der Waals surface area contributed by atoms with Crippen LogP contribution >= 0.6 is 12.2 Å². The number of benzene rings is 2. The minimum Gasteiger partial charge on any atom is -0.493 e. The predicted molar refractivity (Wildman–Crippen MR) is 133 cm³/mol. The van der Waals surface area contributed by atoms with E-state index in [-0.39, 0.29) is 17.8 Å². The van der Waals surface area contributed by atoms with Crippen LogP contribution in [0.25, 0.3) is 0 Å². The number of methoxy groups -OCH3 is 2. The van der Waals surface area contributed by atoms with Crippen LogP contribution in [0.3, 0.4) is 0 Å². The molecule has 8 nitrogen and oxygen atoms in total. The molecule has 3 aliphatic heterocycles. The number of hydrogen-bond acceptors (Lipinski definition) is 5. The number of anilines is 1. The van der Waals surface area contributed by atoms with Crippen molar-refractivity contribution >= 4 is 35.0 Å². The Morgan fingerprint density at radius 3 is 2.57 bits per heavy atom. The molecular formula is C25H25F3N4O4S. The number of imide groups is 1. The quantitative estimate of drug-likeness (QED) is 0.450. The Kier molecular flexibility index (Phi) is 6.38. The van der Waals surface area contributed by atoms with E-state index in [1.165, 1.54) is 17.0 Å². The van der Waals surface area contributed by atoms with Crippen molar-refractivity contribution in [2.45, 2.75) is 37.1 Å². The first kappa shape index (κ1) is 25.1. The van der Waals surface area contributed by atoms with Gasteiger partial charge in [0.1, 0.15) is 6.04 Å². The molecule has 3 amide bonds. The number of nitrogens with zero attached hydrogens (tertiary/aromatic N) is 3. The number of thiocarbonyl (C=S) groups is 1. The monoisotopic (exact) mass is 534 g/mol. The van der Waals surface area contributed by atoms with Gasteiger partial charge in [0, 0.05) is 13.1 Å². The number of nitrogens with one attached hydrogen (secondary N) is 1. The largest absolute Gasteiger partial charge is 0.493 e. The van der Waals surface area contributed by atoms with Gasteiger partial charge < -0.3 is 24.6 Å². The van der Waals surface area contributed by atoms with Gasteiger partial charge >= 0.3 is 12.2 Å². The van der Waals surface area contributed by atoms with E-state index in [1.54, 1.807) is 14.2 Å². The topological polar surface area (TPSA) is 74.4 Å². The minimum atomic E-state index is -4.58. The van der Waals surface area contributed by atoms with Gasteiger partial charge in [-0.2, -0.15) is 13.2 Å². The Balaban J connectivity index is 1.25. The molecule has 3 heterocycles. The van der Waals surface area contributed by atoms with E-state index in [0.29, 0.717) is 42.5 Å². The first-order valence-corrected chi connectivity index (χ1v) is 12.1. The minimum absolute atomic E-state index is 0.0826. The smallest absolute Gasteiger partial charge is 0.416 e. The molecule has 0 aromatic heterocycles. The van der Waals surface area contributed by atoms with Crippen molar-refractivity contribution in [2.75, 3.05) is 32.2 Å². The molecule has 3 fully saturated rings. The van der Waals surface area contributed by atoms with Crippen LogP contribution < -0.4 is 19.7 Å². The molecule has 0 aliphatic carbocycles. The van der Waals surface area contributed by atoms with E-state index in [4.69, 9.17) is 21.7 Å². The standard InChI is InChI=1S/C25H25F3N4O4S/c1-35-19-7-6-14(10-20(19)36-2)8-9-29-23(37)30-13-17-12-18(30)21-22(33)32(24(34)31(17)21)16-5-3-4-15(11-16)25(26,27)28/h3-7,10-11,17-18,21H,8-9,12-13H2,1-2H3,(H,29,37). The second kappa shape index (κ2) is 9.40. The van der Waals surface area contributed by atoms with Crippen molar-refractivity contribution in [3.63, 3.8) is 0 Å². The predicted octanol–water partition coefficient (Wildman–Crippen LogP) is 3.43. The lowest BCUT2D eigenvalue weighted by atomic mass is 10.1. The van der Waals surface area contributed by atoms with Crippen LogP contribution in [-0.4, -0.2) is 72.3 Å². The number of urea groups is 1. The average Bonchev–Trinajstić information content (AvgIpc) is 3.54. The van der Waals surface area contributed by atoms with Gasteiger partial charge in [0.05, 0.1) is 37.6 Å². The maximum absolute atomic E-state index is 13.3. The number of ether oxygens (including phenoxy) is 2. The Morgan fingerprint density at radius 1 is 1.11 bits per heavy atom. The maximum atomic E-state index is 13.3. The van der Waals surface area contributed by atoms with Gasteiger partial charge in [0.15, 0.2) is 16.6 Å². The lowest BCUT2D eigenvalue weighted by Gasteiger charge is -2.36. The van der Waals surface area contributed by atoms with Crippen LogP contribution in [0.4, 0.5) is 23.7 Å². The molecule has 196 valence electrons. The maximum Gasteiger partial charge on any atom is 0.416 e. The zero-order chi connectivity index (χ0) is 26.5. The lowest BCUT2D eigenvalue weighted by Crippen LogP contribution is -2.57. The van der Waals surface area contributed by atoms with E-state index < -0.39 is 29.7 Å². The Hall–Kier alpha value is -3.54. The molecule has 0 radical (unpaired) electrons. The number of carbonyl (C=O) groups excluding carboxylic acids is 2. The number of hydrogen-bond donors (Lipinski definition) is 1. The number of carbonyl (C=O) groups is 2. The summed E-state index contributed by atoms with van der Waals surface area (Å²) in [7, 11) is 3.15. The second-order valence-corrected chi connectivity index (χ2v) is 9.52. The van der Waals surface area contributed by atoms with Gasteiger partial charge in [-0.1, -0.05) is 12.1 Å². The Bertz CT molecular complexity index is 1260. The summed E-state index contributed by atoms with van der Waals surface area (Å²) in [5.41, 5.74) is 0.0262. The van der Waals surface area contributed by atoms with Crippen LogP contribution in [-0.2, 0) is 17.4 Å². The summed E-state index contributed by atoms with van der Waals surface area (Å²) in [6, 6.07) is 7.99. The van der Waals surface area contributed by atoms with Crippen molar-refractivity contribution < 1.29 is 32.2 Å². The first-order chi connectivity index (χ1) is 17.6. The summed E-state index contributed by atoms with van der Waals surface area (Å²) in [5, 5.41) is 3.71. The fourth-order valence-corrected chi connectivity index (χ4v) is 5.71. The molecule has 2 aromatic rings. The fourth-order valence-electron chi connectivity index (χ4n) is 5.40. The highest BCUT2D eigenvalue weighted by atomic mass is 32.1. The Morgan fingerprint density at radius 2 is 1.86 bits per heavy atom. The van der Waals surface area contributed by atoms with Gasteiger partial charge in [0.25, 0.3) is 5.91 Å². The molecule has 0 spiro atoms. The summed E-state index contributed by atoms with van der Waals surface area (Å²) < 4.78 is 50.2. The zero-order valence-corrected chi connectivity index (χ0v) is 20.9. The van der Waals surface area contributed by atoms with Gasteiger partial charge in [0.2, 0.25) is 0 Å². The highest BCUT2D eigenvalue weighted by Gasteiger charge is 2.62. The lowest BCUT2D eigenvalue weighted by molar-refractivity contribution is -0.137. The third-order valence-corrected chi connectivity index (χ3v) is 7.47. The summed E-state index contributed by atoms with van der Waals surface area (Å²) >= 11 is 5.61. The van der Waals surface area contributed by atoms with E-state index in [0.717, 1.165) is 22.6 Å². The molecule has 3 aliphatic rings. The number of likely N-dealkylation sites (tertiary alicyclic amines) is 1. The summed E-state index contributed by atoms with van der Waals surface area (Å²) in [6.07, 6.45) is -3.34.